The highest BCUT2D eigenvalue weighted by Crippen LogP contribution is 2.32. The second kappa shape index (κ2) is 9.11. The van der Waals surface area contributed by atoms with Gasteiger partial charge in [-0.2, -0.15) is 0 Å². The first-order chi connectivity index (χ1) is 15.0. The predicted molar refractivity (Wildman–Crippen MR) is 122 cm³/mol. The van der Waals surface area contributed by atoms with Crippen LogP contribution in [0.15, 0.2) is 71.1 Å². The Morgan fingerprint density at radius 3 is 2.58 bits per heavy atom. The molecule has 0 bridgehead atoms. The lowest BCUT2D eigenvalue weighted by Crippen LogP contribution is -2.24. The zero-order chi connectivity index (χ0) is 21.8. The summed E-state index contributed by atoms with van der Waals surface area (Å²) in [6.07, 6.45) is 0. The van der Waals surface area contributed by atoms with Gasteiger partial charge in [-0.3, -0.25) is 9.52 Å². The van der Waals surface area contributed by atoms with Gasteiger partial charge in [0.25, 0.3) is 0 Å². The molecule has 0 fully saturated rings. The smallest absolute Gasteiger partial charge is 0.329 e. The summed E-state index contributed by atoms with van der Waals surface area (Å²) in [4.78, 5) is 28.9. The molecule has 9 heteroatoms. The minimum atomic E-state index is -0.558. The summed E-state index contributed by atoms with van der Waals surface area (Å²) in [7, 11) is 1.55. The molecule has 0 saturated carbocycles. The lowest BCUT2D eigenvalue weighted by atomic mass is 10.2. The van der Waals surface area contributed by atoms with E-state index in [4.69, 9.17) is 20.8 Å². The number of para-hydroxylation sites is 2. The van der Waals surface area contributed by atoms with Crippen molar-refractivity contribution in [3.8, 4) is 17.2 Å². The summed E-state index contributed by atoms with van der Waals surface area (Å²) in [5.74, 6) is 0.990. The minimum Gasteiger partial charge on any atom is -0.497 e. The topological polar surface area (TPSA) is 93.5 Å². The fraction of sp³-hybridized carbons (Fsp3) is 0.0455. The van der Waals surface area contributed by atoms with E-state index >= 15 is 0 Å². The van der Waals surface area contributed by atoms with Crippen molar-refractivity contribution in [2.75, 3.05) is 12.4 Å². The van der Waals surface area contributed by atoms with Gasteiger partial charge in [-0.15, -0.1) is 0 Å². The largest absolute Gasteiger partial charge is 0.497 e. The van der Waals surface area contributed by atoms with Crippen molar-refractivity contribution < 1.29 is 18.7 Å². The Balaban J connectivity index is 1.42. The Bertz CT molecular complexity index is 1220. The first-order valence-corrected chi connectivity index (χ1v) is 10.3. The van der Waals surface area contributed by atoms with Crippen molar-refractivity contribution in [3.05, 3.63) is 77.3 Å². The molecule has 2 amide bonds. The Hall–Kier alpha value is -3.49. The number of hydrogen-bond acceptors (Lipinski definition) is 6. The number of hydrogen-bond donors (Lipinski definition) is 2. The van der Waals surface area contributed by atoms with Gasteiger partial charge in [0.1, 0.15) is 11.3 Å². The summed E-state index contributed by atoms with van der Waals surface area (Å²) < 4.78 is 13.3. The van der Waals surface area contributed by atoms with Crippen LogP contribution >= 0.6 is 23.5 Å². The van der Waals surface area contributed by atoms with E-state index in [0.29, 0.717) is 56.5 Å². The van der Waals surface area contributed by atoms with Gasteiger partial charge in [0.2, 0.25) is 11.0 Å². The Morgan fingerprint density at radius 2 is 1.84 bits per heavy atom. The minimum absolute atomic E-state index is 0.305. The number of halogens is 1. The quantitative estimate of drug-likeness (QED) is 0.381. The fourth-order valence-corrected chi connectivity index (χ4v) is 3.48. The molecule has 0 unspecified atom stereocenters. The van der Waals surface area contributed by atoms with Gasteiger partial charge in [-0.25, -0.2) is 9.78 Å². The molecule has 3 aromatic carbocycles. The lowest BCUT2D eigenvalue weighted by Gasteiger charge is -2.08. The van der Waals surface area contributed by atoms with Crippen molar-refractivity contribution in [1.82, 2.24) is 9.71 Å². The first-order valence-electron chi connectivity index (χ1n) is 9.11. The van der Waals surface area contributed by atoms with Gasteiger partial charge in [-0.1, -0.05) is 23.7 Å². The van der Waals surface area contributed by atoms with Crippen LogP contribution in [-0.4, -0.2) is 23.2 Å². The molecule has 0 radical (unpaired) electrons. The number of aromatic nitrogens is 1. The van der Waals surface area contributed by atoms with Crippen molar-refractivity contribution in [2.45, 2.75) is 0 Å². The number of amides is 2. The third-order valence-corrected chi connectivity index (χ3v) is 5.35. The molecule has 156 valence electrons. The normalized spacial score (nSPS) is 10.6. The highest BCUT2D eigenvalue weighted by Gasteiger charge is 2.14. The number of anilines is 1. The van der Waals surface area contributed by atoms with Gasteiger partial charge in [0.15, 0.2) is 5.58 Å². The number of carbonyl (C=O) groups is 2. The van der Waals surface area contributed by atoms with Crippen LogP contribution in [0.2, 0.25) is 5.02 Å². The summed E-state index contributed by atoms with van der Waals surface area (Å²) in [6.45, 7) is 0. The molecule has 0 atom stereocenters. The Kier molecular flexibility index (Phi) is 6.11. The standard InChI is InChI=1S/C22H16ClN3O4S/c1-29-15-9-6-13(7-10-15)21(27)31-26-22(28)24-14-8-11-17(23)16(12-14)20-25-18-4-2-3-5-19(18)30-20/h2-12H,1H3,(H2,24,26,28). The Labute approximate surface area is 186 Å². The average molecular weight is 454 g/mol. The number of nitrogens with one attached hydrogen (secondary N) is 2. The summed E-state index contributed by atoms with van der Waals surface area (Å²) >= 11 is 6.98. The van der Waals surface area contributed by atoms with E-state index in [1.807, 2.05) is 24.3 Å². The average Bonchev–Trinajstić information content (AvgIpc) is 3.23. The molecule has 1 heterocycles. The maximum absolute atomic E-state index is 12.2. The first kappa shape index (κ1) is 20.8. The number of nitrogens with zero attached hydrogens (tertiary/aromatic N) is 1. The molecule has 2 N–H and O–H groups in total. The number of benzene rings is 3. The number of methoxy groups -OCH3 is 1. The zero-order valence-electron chi connectivity index (χ0n) is 16.2. The van der Waals surface area contributed by atoms with Crippen molar-refractivity contribution >= 4 is 51.5 Å². The number of ether oxygens (including phenoxy) is 1. The summed E-state index contributed by atoms with van der Waals surface area (Å²) in [5.41, 5.74) is 2.79. The highest BCUT2D eigenvalue weighted by atomic mass is 35.5. The third-order valence-electron chi connectivity index (χ3n) is 4.31. The maximum Gasteiger partial charge on any atom is 0.329 e. The maximum atomic E-state index is 12.2. The van der Waals surface area contributed by atoms with Gasteiger partial charge in [-0.05, 0) is 54.6 Å². The van der Waals surface area contributed by atoms with Crippen molar-refractivity contribution in [3.63, 3.8) is 0 Å². The molecule has 7 nitrogen and oxygen atoms in total. The number of fused-ring (bicyclic) bond motifs is 1. The van der Waals surface area contributed by atoms with Gasteiger partial charge < -0.3 is 14.5 Å². The van der Waals surface area contributed by atoms with Crippen LogP contribution in [0.5, 0.6) is 5.75 Å². The fourth-order valence-electron chi connectivity index (χ4n) is 2.79. The van der Waals surface area contributed by atoms with Gasteiger partial charge in [0.05, 0.1) is 17.7 Å². The predicted octanol–water partition coefficient (Wildman–Crippen LogP) is 5.77. The van der Waals surface area contributed by atoms with E-state index in [0.717, 1.165) is 0 Å². The molecule has 1 aromatic heterocycles. The Morgan fingerprint density at radius 1 is 1.06 bits per heavy atom. The number of carbonyl (C=O) groups excluding carboxylic acids is 2. The van der Waals surface area contributed by atoms with Crippen LogP contribution in [0.3, 0.4) is 0 Å². The number of oxazole rings is 1. The molecule has 0 spiro atoms. The second-order valence-electron chi connectivity index (χ2n) is 6.36. The monoisotopic (exact) mass is 453 g/mol. The van der Waals surface area contributed by atoms with Gasteiger partial charge in [0, 0.05) is 23.2 Å². The molecular weight excluding hydrogens is 438 g/mol. The third kappa shape index (κ3) is 4.82. The SMILES string of the molecule is COc1ccc(C(=O)SNC(=O)Nc2ccc(Cl)c(-c3nc4ccccc4o3)c2)cc1. The van der Waals surface area contributed by atoms with Crippen LogP contribution in [0.25, 0.3) is 22.6 Å². The van der Waals surface area contributed by atoms with Crippen molar-refractivity contribution in [2.24, 2.45) is 0 Å². The van der Waals surface area contributed by atoms with Crippen LogP contribution < -0.4 is 14.8 Å². The molecule has 4 rings (SSSR count). The van der Waals surface area contributed by atoms with Gasteiger partial charge >= 0.3 is 6.03 Å². The van der Waals surface area contributed by atoms with E-state index in [9.17, 15) is 9.59 Å². The molecule has 0 saturated heterocycles. The van der Waals surface area contributed by atoms with Crippen LogP contribution in [0.1, 0.15) is 10.4 Å². The van der Waals surface area contributed by atoms with Crippen LogP contribution in [-0.2, 0) is 0 Å². The van der Waals surface area contributed by atoms with E-state index < -0.39 is 6.03 Å². The molecule has 31 heavy (non-hydrogen) atoms. The molecule has 0 aliphatic carbocycles. The van der Waals surface area contributed by atoms with Crippen LogP contribution in [0.4, 0.5) is 10.5 Å². The second-order valence-corrected chi connectivity index (χ2v) is 7.54. The number of urea groups is 1. The van der Waals surface area contributed by atoms with Crippen LogP contribution in [0, 0.1) is 0 Å². The molecule has 0 aliphatic rings. The summed E-state index contributed by atoms with van der Waals surface area (Å²) in [6, 6.07) is 18.3. The van der Waals surface area contributed by atoms with E-state index in [1.54, 1.807) is 49.6 Å². The molecular formula is C22H16ClN3O4S. The molecule has 0 aliphatic heterocycles. The zero-order valence-corrected chi connectivity index (χ0v) is 17.8. The molecule has 4 aromatic rings. The lowest BCUT2D eigenvalue weighted by molar-refractivity contribution is 0.108. The van der Waals surface area contributed by atoms with E-state index in [1.165, 1.54) is 0 Å². The number of rotatable bonds is 4. The van der Waals surface area contributed by atoms with E-state index in [-0.39, 0.29) is 5.12 Å². The highest BCUT2D eigenvalue weighted by molar-refractivity contribution is 8.12. The van der Waals surface area contributed by atoms with Crippen molar-refractivity contribution in [1.29, 1.82) is 0 Å². The van der Waals surface area contributed by atoms with E-state index in [2.05, 4.69) is 15.0 Å². The summed E-state index contributed by atoms with van der Waals surface area (Å²) in [5, 5.41) is 2.79.